The van der Waals surface area contributed by atoms with E-state index in [2.05, 4.69) is 5.32 Å². The maximum atomic E-state index is 11.3. The van der Waals surface area contributed by atoms with Gasteiger partial charge in [-0.1, -0.05) is 0 Å². The Balaban J connectivity index is 5.00. The van der Waals surface area contributed by atoms with Crippen molar-refractivity contribution in [1.82, 2.24) is 5.32 Å². The normalized spacial score (nSPS) is 14.1. The van der Waals surface area contributed by atoms with Gasteiger partial charge in [0.1, 0.15) is 18.0 Å². The van der Waals surface area contributed by atoms with Crippen LogP contribution >= 0.6 is 12.0 Å². The Morgan fingerprint density at radius 3 is 2.04 bits per heavy atom. The lowest BCUT2D eigenvalue weighted by molar-refractivity contribution is -0.148. The molecule has 0 rings (SSSR count). The van der Waals surface area contributed by atoms with E-state index in [-0.39, 0.29) is 25.0 Å². The van der Waals surface area contributed by atoms with Crippen molar-refractivity contribution in [2.75, 3.05) is 6.61 Å². The van der Waals surface area contributed by atoms with E-state index in [4.69, 9.17) is 13.7 Å². The third-order valence-corrected chi connectivity index (χ3v) is 3.53. The van der Waals surface area contributed by atoms with Crippen LogP contribution in [0.1, 0.15) is 41.0 Å². The van der Waals surface area contributed by atoms with Crippen LogP contribution in [0.3, 0.4) is 0 Å². The predicted molar refractivity (Wildman–Crippen MR) is 83.2 cm³/mol. The predicted octanol–water partition coefficient (Wildman–Crippen LogP) is 0.976. The third-order valence-electron chi connectivity index (χ3n) is 2.51. The van der Waals surface area contributed by atoms with E-state index in [1.807, 2.05) is 0 Å². The molecule has 0 aliphatic carbocycles. The molecule has 1 amide bonds. The fraction of sp³-hybridized carbons (Fsp3) is 0.714. The smallest absolute Gasteiger partial charge is 0.314 e. The van der Waals surface area contributed by atoms with Gasteiger partial charge in [0, 0.05) is 40.2 Å². The first kappa shape index (κ1) is 21.2. The molecule has 3 atom stereocenters. The maximum Gasteiger partial charge on any atom is 0.314 e. The quantitative estimate of drug-likeness (QED) is 0.485. The second-order valence-electron chi connectivity index (χ2n) is 5.00. The van der Waals surface area contributed by atoms with Gasteiger partial charge in [0.05, 0.1) is 12.0 Å². The van der Waals surface area contributed by atoms with Crippen LogP contribution in [0.2, 0.25) is 0 Å². The first-order chi connectivity index (χ1) is 10.6. The largest absolute Gasteiger partial charge is 0.464 e. The Labute approximate surface area is 139 Å². The lowest BCUT2D eigenvalue weighted by Gasteiger charge is -2.27. The molecule has 0 aromatic rings. The number of nitrogens with one attached hydrogen (secondary N) is 1. The lowest BCUT2D eigenvalue weighted by Crippen LogP contribution is -2.40. The summed E-state index contributed by atoms with van der Waals surface area (Å²) in [5, 5.41) is 2.07. The van der Waals surface area contributed by atoms with Crippen LogP contribution in [0, 0.1) is 0 Å². The van der Waals surface area contributed by atoms with Crippen LogP contribution in [0.5, 0.6) is 0 Å². The SMILES string of the molecule is CC(=O)NC(C)CC(OC(C)=O)C(COC(C)=O)SOC(C)=O. The number of carbonyl (C=O) groups excluding carboxylic acids is 4. The monoisotopic (exact) mass is 349 g/mol. The van der Waals surface area contributed by atoms with Crippen molar-refractivity contribution >= 4 is 35.9 Å². The zero-order chi connectivity index (χ0) is 18.0. The molecule has 0 saturated carbocycles. The van der Waals surface area contributed by atoms with Crippen LogP contribution in [0.25, 0.3) is 0 Å². The van der Waals surface area contributed by atoms with Gasteiger partial charge in [-0.2, -0.15) is 0 Å². The highest BCUT2D eigenvalue weighted by Crippen LogP contribution is 2.23. The van der Waals surface area contributed by atoms with E-state index in [0.29, 0.717) is 0 Å². The molecule has 0 aromatic heterocycles. The van der Waals surface area contributed by atoms with Gasteiger partial charge in [0.25, 0.3) is 0 Å². The molecule has 0 radical (unpaired) electrons. The summed E-state index contributed by atoms with van der Waals surface area (Å²) < 4.78 is 15.0. The van der Waals surface area contributed by atoms with Crippen LogP contribution in [0.4, 0.5) is 0 Å². The number of hydrogen-bond acceptors (Lipinski definition) is 8. The van der Waals surface area contributed by atoms with Crippen molar-refractivity contribution in [2.24, 2.45) is 0 Å². The van der Waals surface area contributed by atoms with Crippen LogP contribution < -0.4 is 5.32 Å². The van der Waals surface area contributed by atoms with Crippen molar-refractivity contribution in [2.45, 2.75) is 58.4 Å². The van der Waals surface area contributed by atoms with Gasteiger partial charge >= 0.3 is 17.9 Å². The van der Waals surface area contributed by atoms with Crippen molar-refractivity contribution < 1.29 is 32.8 Å². The van der Waals surface area contributed by atoms with Gasteiger partial charge in [-0.3, -0.25) is 19.2 Å². The Hall–Kier alpha value is -1.77. The molecule has 0 aliphatic rings. The average Bonchev–Trinajstić information content (AvgIpc) is 2.35. The zero-order valence-electron chi connectivity index (χ0n) is 13.9. The van der Waals surface area contributed by atoms with Gasteiger partial charge in [-0.05, 0) is 6.92 Å². The van der Waals surface area contributed by atoms with Crippen molar-refractivity contribution in [3.8, 4) is 0 Å². The molecule has 0 bridgehead atoms. The number of esters is 2. The highest BCUT2D eigenvalue weighted by molar-refractivity contribution is 7.95. The minimum Gasteiger partial charge on any atom is -0.464 e. The Morgan fingerprint density at radius 2 is 1.61 bits per heavy atom. The summed E-state index contributed by atoms with van der Waals surface area (Å²) in [4.78, 5) is 44.4. The molecule has 3 unspecified atom stereocenters. The van der Waals surface area contributed by atoms with E-state index in [1.165, 1.54) is 27.7 Å². The van der Waals surface area contributed by atoms with Crippen LogP contribution in [0.15, 0.2) is 0 Å². The number of rotatable bonds is 9. The third kappa shape index (κ3) is 11.5. The highest BCUT2D eigenvalue weighted by atomic mass is 32.2. The molecule has 23 heavy (non-hydrogen) atoms. The van der Waals surface area contributed by atoms with E-state index in [9.17, 15) is 19.2 Å². The van der Waals surface area contributed by atoms with Crippen LogP contribution in [-0.2, 0) is 32.8 Å². The molecule has 0 fully saturated rings. The number of carbonyl (C=O) groups is 4. The molecule has 0 aromatic carbocycles. The van der Waals surface area contributed by atoms with Gasteiger partial charge < -0.3 is 19.0 Å². The average molecular weight is 349 g/mol. The summed E-state index contributed by atoms with van der Waals surface area (Å²) in [6, 6.07) is -0.283. The number of amides is 1. The van der Waals surface area contributed by atoms with E-state index < -0.39 is 29.3 Å². The fourth-order valence-corrected chi connectivity index (χ4v) is 2.44. The second-order valence-corrected chi connectivity index (χ2v) is 5.96. The first-order valence-electron chi connectivity index (χ1n) is 7.03. The molecule has 9 heteroatoms. The van der Waals surface area contributed by atoms with Crippen molar-refractivity contribution in [1.29, 1.82) is 0 Å². The summed E-state index contributed by atoms with van der Waals surface area (Å²) in [5.74, 6) is -1.78. The minimum atomic E-state index is -0.710. The molecular weight excluding hydrogens is 326 g/mol. The summed E-state index contributed by atoms with van der Waals surface area (Å²) in [6.45, 7) is 6.75. The lowest BCUT2D eigenvalue weighted by atomic mass is 10.1. The molecule has 0 aliphatic heterocycles. The topological polar surface area (TPSA) is 108 Å². The maximum absolute atomic E-state index is 11.3. The summed E-state index contributed by atoms with van der Waals surface area (Å²) >= 11 is 0.766. The molecule has 0 spiro atoms. The first-order valence-corrected chi connectivity index (χ1v) is 7.83. The van der Waals surface area contributed by atoms with Crippen molar-refractivity contribution in [3.63, 3.8) is 0 Å². The molecular formula is C14H23NO7S. The molecule has 132 valence electrons. The summed E-state index contributed by atoms with van der Waals surface area (Å²) in [6.07, 6.45) is -0.433. The van der Waals surface area contributed by atoms with E-state index in [0.717, 1.165) is 12.0 Å². The van der Waals surface area contributed by atoms with E-state index in [1.54, 1.807) is 6.92 Å². The Bertz CT molecular complexity index is 423. The summed E-state index contributed by atoms with van der Waals surface area (Å²) in [5.41, 5.74) is 0. The standard InChI is InChI=1S/C14H23NO7S/c1-8(15-9(2)16)6-13(21-11(4)18)14(7-20-10(3)17)23-22-12(5)19/h8,13-14H,6-7H2,1-5H3,(H,15,16). The van der Waals surface area contributed by atoms with Gasteiger partial charge in [0.2, 0.25) is 5.91 Å². The molecule has 0 heterocycles. The highest BCUT2D eigenvalue weighted by Gasteiger charge is 2.30. The second kappa shape index (κ2) is 10.9. The molecule has 0 saturated heterocycles. The Morgan fingerprint density at radius 1 is 1.00 bits per heavy atom. The summed E-state index contributed by atoms with van der Waals surface area (Å²) in [7, 11) is 0. The number of ether oxygens (including phenoxy) is 2. The minimum absolute atomic E-state index is 0.0992. The van der Waals surface area contributed by atoms with Gasteiger partial charge in [-0.25, -0.2) is 0 Å². The molecule has 8 nitrogen and oxygen atoms in total. The van der Waals surface area contributed by atoms with Gasteiger partial charge in [-0.15, -0.1) is 0 Å². The van der Waals surface area contributed by atoms with Crippen LogP contribution in [-0.4, -0.2) is 47.8 Å². The zero-order valence-corrected chi connectivity index (χ0v) is 14.7. The fourth-order valence-electron chi connectivity index (χ4n) is 1.77. The van der Waals surface area contributed by atoms with Crippen molar-refractivity contribution in [3.05, 3.63) is 0 Å². The number of hydrogen-bond donors (Lipinski definition) is 1. The molecule has 1 N–H and O–H groups in total. The van der Waals surface area contributed by atoms with E-state index >= 15 is 0 Å². The van der Waals surface area contributed by atoms with Gasteiger partial charge in [0.15, 0.2) is 0 Å². The Kier molecular flexibility index (Phi) is 10.0.